The summed E-state index contributed by atoms with van der Waals surface area (Å²) in [7, 11) is -8.98. The van der Waals surface area contributed by atoms with Gasteiger partial charge in [-0.1, -0.05) is 166 Å². The van der Waals surface area contributed by atoms with E-state index in [2.05, 4.69) is 13.8 Å². The molecule has 0 spiro atoms. The maximum absolute atomic E-state index is 11.6. The van der Waals surface area contributed by atoms with Gasteiger partial charge in [0.2, 0.25) is 0 Å². The number of ether oxygens (including phenoxy) is 2. The predicted molar refractivity (Wildman–Crippen MR) is 239 cm³/mol. The summed E-state index contributed by atoms with van der Waals surface area (Å²) in [6.07, 6.45) is 25.4. The van der Waals surface area contributed by atoms with Crippen LogP contribution < -0.4 is 9.47 Å². The molecule has 4 aromatic carbocycles. The molecule has 0 aliphatic carbocycles. The minimum Gasteiger partial charge on any atom is -0.744 e. The maximum Gasteiger partial charge on any atom is 2.00 e. The number of aryl methyl sites for hydroxylation is 2. The number of para-hydroxylation sites is 2. The van der Waals surface area contributed by atoms with E-state index in [-0.39, 0.29) is 47.5 Å². The van der Waals surface area contributed by atoms with Crippen molar-refractivity contribution in [2.45, 2.75) is 165 Å². The first-order valence-electron chi connectivity index (χ1n) is 21.6. The summed E-state index contributed by atoms with van der Waals surface area (Å²) >= 11 is 0. The summed E-state index contributed by atoms with van der Waals surface area (Å²) in [5, 5.41) is 0. The van der Waals surface area contributed by atoms with E-state index < -0.39 is 20.2 Å². The monoisotopic (exact) mass is 874 g/mol. The van der Waals surface area contributed by atoms with Crippen molar-refractivity contribution in [2.75, 3.05) is 0 Å². The smallest absolute Gasteiger partial charge is 0.744 e. The molecule has 0 unspecified atom stereocenters. The molecule has 4 aromatic rings. The summed E-state index contributed by atoms with van der Waals surface area (Å²) in [4.78, 5) is -0.261. The van der Waals surface area contributed by atoms with Gasteiger partial charge in [-0.3, -0.25) is 0 Å². The topological polar surface area (TPSA) is 133 Å². The Morgan fingerprint density at radius 3 is 0.966 bits per heavy atom. The van der Waals surface area contributed by atoms with Crippen LogP contribution >= 0.6 is 0 Å². The molecule has 320 valence electrons. The Morgan fingerprint density at radius 1 is 0.390 bits per heavy atom. The third-order valence-corrected chi connectivity index (χ3v) is 12.0. The van der Waals surface area contributed by atoms with Crippen molar-refractivity contribution in [3.8, 4) is 23.0 Å². The van der Waals surface area contributed by atoms with Crippen LogP contribution in [-0.4, -0.2) is 63.7 Å². The summed E-state index contributed by atoms with van der Waals surface area (Å²) in [5.41, 5.74) is 1.10. The predicted octanol–water partition coefficient (Wildman–Crippen LogP) is 13.3. The van der Waals surface area contributed by atoms with E-state index in [1.807, 2.05) is 60.7 Å². The molecule has 11 heteroatoms. The molecule has 8 nitrogen and oxygen atoms in total. The van der Waals surface area contributed by atoms with E-state index in [4.69, 9.17) is 9.47 Å². The van der Waals surface area contributed by atoms with Crippen LogP contribution in [0.1, 0.15) is 153 Å². The molecule has 0 N–H and O–H groups in total. The van der Waals surface area contributed by atoms with Crippen molar-refractivity contribution in [1.29, 1.82) is 0 Å². The molecular formula is C48H66CaO8S2. The van der Waals surface area contributed by atoms with E-state index in [9.17, 15) is 25.9 Å². The zero-order chi connectivity index (χ0) is 41.9. The van der Waals surface area contributed by atoms with Crippen LogP contribution in [0, 0.1) is 0 Å². The zero-order valence-corrected chi connectivity index (χ0v) is 39.4. The van der Waals surface area contributed by atoms with Gasteiger partial charge in [0, 0.05) is 0 Å². The van der Waals surface area contributed by atoms with Gasteiger partial charge in [-0.2, -0.15) is 0 Å². The first kappa shape index (κ1) is 52.7. The molecule has 0 saturated heterocycles. The van der Waals surface area contributed by atoms with Gasteiger partial charge in [-0.25, -0.2) is 16.8 Å². The molecule has 0 radical (unpaired) electrons. The van der Waals surface area contributed by atoms with Gasteiger partial charge in [-0.15, -0.1) is 0 Å². The fourth-order valence-corrected chi connectivity index (χ4v) is 8.41. The van der Waals surface area contributed by atoms with Gasteiger partial charge in [-0.05, 0) is 97.5 Å². The van der Waals surface area contributed by atoms with Crippen molar-refractivity contribution in [2.24, 2.45) is 0 Å². The average Bonchev–Trinajstić information content (AvgIpc) is 3.19. The summed E-state index contributed by atoms with van der Waals surface area (Å²) in [5.74, 6) is 2.45. The van der Waals surface area contributed by atoms with E-state index in [0.29, 0.717) is 47.0 Å². The van der Waals surface area contributed by atoms with Gasteiger partial charge < -0.3 is 18.6 Å². The second kappa shape index (κ2) is 30.6. The molecule has 0 saturated carbocycles. The minimum atomic E-state index is -4.49. The molecule has 0 bridgehead atoms. The minimum absolute atomic E-state index is 0. The Hall–Kier alpha value is -2.44. The number of unbranched alkanes of at least 4 members (excludes halogenated alkanes) is 18. The van der Waals surface area contributed by atoms with Crippen molar-refractivity contribution in [1.82, 2.24) is 0 Å². The molecule has 4 rings (SSSR count). The molecule has 59 heavy (non-hydrogen) atoms. The average molecular weight is 875 g/mol. The van der Waals surface area contributed by atoms with E-state index >= 15 is 0 Å². The fourth-order valence-electron chi connectivity index (χ4n) is 6.97. The Morgan fingerprint density at radius 2 is 0.678 bits per heavy atom. The van der Waals surface area contributed by atoms with Crippen LogP contribution in [0.5, 0.6) is 23.0 Å². The molecule has 0 aliphatic heterocycles. The summed E-state index contributed by atoms with van der Waals surface area (Å²) in [6.45, 7) is 4.46. The van der Waals surface area contributed by atoms with Crippen molar-refractivity contribution < 1.29 is 35.4 Å². The molecule has 0 atom stereocenters. The zero-order valence-electron chi connectivity index (χ0n) is 35.6. The number of benzene rings is 4. The van der Waals surface area contributed by atoms with E-state index in [0.717, 1.165) is 38.5 Å². The standard InChI is InChI=1S/2C24H34O4S.Ca/c2*1-2-3-4-5-6-7-8-9-10-12-15-21-20-23(18-19-24(21)29(25,26)27)28-22-16-13-11-14-17-22;/h2*11,13-14,16-20H,2-10,12,15H2,1H3,(H,25,26,27);/q;;+2/p-2. The van der Waals surface area contributed by atoms with E-state index in [1.165, 1.54) is 102 Å². The van der Waals surface area contributed by atoms with Crippen LogP contribution in [-0.2, 0) is 33.1 Å². The quantitative estimate of drug-likeness (QED) is 0.0313. The van der Waals surface area contributed by atoms with E-state index in [1.54, 1.807) is 24.3 Å². The first-order valence-corrected chi connectivity index (χ1v) is 24.5. The SMILES string of the molecule is CCCCCCCCCCCCc1cc(Oc2ccccc2)ccc1S(=O)(=O)[O-].CCCCCCCCCCCCc1cc(Oc2ccccc2)ccc1S(=O)(=O)[O-].[Ca+2]. The second-order valence-corrected chi connectivity index (χ2v) is 17.8. The Labute approximate surface area is 386 Å². The normalized spacial score (nSPS) is 11.3. The van der Waals surface area contributed by atoms with Crippen LogP contribution in [0.3, 0.4) is 0 Å². The third-order valence-electron chi connectivity index (χ3n) is 10.2. The molecule has 0 heterocycles. The van der Waals surface area contributed by atoms with Gasteiger partial charge in [0.05, 0.1) is 9.79 Å². The van der Waals surface area contributed by atoms with Crippen molar-refractivity contribution >= 4 is 58.0 Å². The molecular weight excluding hydrogens is 809 g/mol. The second-order valence-electron chi connectivity index (χ2n) is 15.1. The van der Waals surface area contributed by atoms with Crippen LogP contribution in [0.2, 0.25) is 0 Å². The van der Waals surface area contributed by atoms with Crippen LogP contribution in [0.4, 0.5) is 0 Å². The van der Waals surface area contributed by atoms with Gasteiger partial charge >= 0.3 is 37.7 Å². The Balaban J connectivity index is 0.000000400. The van der Waals surface area contributed by atoms with Gasteiger partial charge in [0.1, 0.15) is 43.2 Å². The van der Waals surface area contributed by atoms with Gasteiger partial charge in [0.25, 0.3) is 0 Å². The maximum atomic E-state index is 11.6. The largest absolute Gasteiger partial charge is 2.00 e. The third kappa shape index (κ3) is 22.8. The van der Waals surface area contributed by atoms with Crippen molar-refractivity contribution in [3.05, 3.63) is 108 Å². The molecule has 0 fully saturated rings. The van der Waals surface area contributed by atoms with Crippen LogP contribution in [0.15, 0.2) is 107 Å². The Bertz CT molecular complexity index is 1780. The summed E-state index contributed by atoms with van der Waals surface area (Å²) in [6, 6.07) is 27.8. The molecule has 0 aliphatic rings. The molecule has 0 aromatic heterocycles. The first-order chi connectivity index (χ1) is 28.0. The van der Waals surface area contributed by atoms with Gasteiger partial charge in [0.15, 0.2) is 0 Å². The molecule has 0 amide bonds. The van der Waals surface area contributed by atoms with Crippen molar-refractivity contribution in [3.63, 3.8) is 0 Å². The van der Waals surface area contributed by atoms with Crippen LogP contribution in [0.25, 0.3) is 0 Å². The summed E-state index contributed by atoms with van der Waals surface area (Å²) < 4.78 is 81.2. The number of hydrogen-bond acceptors (Lipinski definition) is 8. The fraction of sp³-hybridized carbons (Fsp3) is 0.500. The Kier molecular flexibility index (Phi) is 27.3. The number of rotatable bonds is 28. The number of hydrogen-bond donors (Lipinski definition) is 0.